The highest BCUT2D eigenvalue weighted by Gasteiger charge is 2.33. The van der Waals surface area contributed by atoms with Crippen LogP contribution in [0.3, 0.4) is 0 Å². The summed E-state index contributed by atoms with van der Waals surface area (Å²) in [5.41, 5.74) is 0.855. The van der Waals surface area contributed by atoms with Gasteiger partial charge in [0, 0.05) is 17.6 Å². The largest absolute Gasteiger partial charge is 0.494 e. The van der Waals surface area contributed by atoms with Crippen LogP contribution in [0.1, 0.15) is 32.8 Å². The molecule has 0 radical (unpaired) electrons. The topological polar surface area (TPSA) is 96.0 Å². The van der Waals surface area contributed by atoms with Crippen LogP contribution >= 0.6 is 15.9 Å². The van der Waals surface area contributed by atoms with Crippen LogP contribution in [0.5, 0.6) is 5.75 Å². The third-order valence-electron chi connectivity index (χ3n) is 6.12. The number of ether oxygens (including phenoxy) is 1. The molecule has 0 saturated carbocycles. The number of carbonyl (C=O) groups excluding carboxylic acids is 2. The fourth-order valence-electron chi connectivity index (χ4n) is 4.14. The van der Waals surface area contributed by atoms with Gasteiger partial charge in [0.1, 0.15) is 24.2 Å². The number of hydrogen-bond acceptors (Lipinski definition) is 5. The van der Waals surface area contributed by atoms with E-state index in [9.17, 15) is 22.4 Å². The number of nitrogens with one attached hydrogen (secondary N) is 1. The van der Waals surface area contributed by atoms with Gasteiger partial charge in [-0.15, -0.1) is 0 Å². The van der Waals surface area contributed by atoms with Crippen LogP contribution in [-0.2, 0) is 26.2 Å². The van der Waals surface area contributed by atoms with Crippen molar-refractivity contribution in [2.24, 2.45) is 0 Å². The number of amides is 2. The quantitative estimate of drug-likeness (QED) is 0.282. The number of carbonyl (C=O) groups is 2. The summed E-state index contributed by atoms with van der Waals surface area (Å²) >= 11 is 3.32. The lowest BCUT2D eigenvalue weighted by Crippen LogP contribution is -2.52. The molecule has 0 aliphatic carbocycles. The van der Waals surface area contributed by atoms with Crippen molar-refractivity contribution in [2.75, 3.05) is 24.0 Å². The summed E-state index contributed by atoms with van der Waals surface area (Å²) in [7, 11) is -4.19. The van der Waals surface area contributed by atoms with Crippen LogP contribution in [0.4, 0.5) is 10.1 Å². The molecular formula is C29H33BrFN3O5S. The molecule has 214 valence electrons. The number of likely N-dealkylation sites (N-methyl/N-ethyl adjacent to an activating group) is 1. The third kappa shape index (κ3) is 7.82. The minimum atomic E-state index is -4.19. The van der Waals surface area contributed by atoms with E-state index < -0.39 is 34.3 Å². The third-order valence-corrected chi connectivity index (χ3v) is 8.44. The van der Waals surface area contributed by atoms with Crippen molar-refractivity contribution in [3.8, 4) is 5.75 Å². The second-order valence-corrected chi connectivity index (χ2v) is 11.6. The van der Waals surface area contributed by atoms with Crippen LogP contribution in [0, 0.1) is 5.82 Å². The molecule has 1 N–H and O–H groups in total. The number of nitrogens with zero attached hydrogens (tertiary/aromatic N) is 2. The molecule has 0 aliphatic heterocycles. The maximum atomic E-state index is 13.9. The van der Waals surface area contributed by atoms with Gasteiger partial charge in [-0.1, -0.05) is 35.0 Å². The van der Waals surface area contributed by atoms with Gasteiger partial charge >= 0.3 is 0 Å². The standard InChI is InChI=1S/C29H33BrFN3O5S/c1-4-27(29(36)32-5-2)33(19-21-7-11-23(31)12-8-21)28(35)20-34(24-13-15-25(16-14-24)39-6-3)40(37,38)26-17-9-22(30)10-18-26/h7-18,27H,4-6,19-20H2,1-3H3,(H,32,36). The molecule has 0 bridgehead atoms. The Labute approximate surface area is 243 Å². The first-order chi connectivity index (χ1) is 19.1. The predicted molar refractivity (Wildman–Crippen MR) is 156 cm³/mol. The molecule has 1 atom stereocenters. The number of halogens is 2. The van der Waals surface area contributed by atoms with E-state index in [4.69, 9.17) is 4.74 Å². The van der Waals surface area contributed by atoms with Crippen LogP contribution < -0.4 is 14.4 Å². The molecular weight excluding hydrogens is 601 g/mol. The van der Waals surface area contributed by atoms with E-state index in [1.165, 1.54) is 41.3 Å². The van der Waals surface area contributed by atoms with Crippen molar-refractivity contribution in [1.29, 1.82) is 0 Å². The van der Waals surface area contributed by atoms with Gasteiger partial charge in [0.2, 0.25) is 11.8 Å². The number of hydrogen-bond donors (Lipinski definition) is 1. The van der Waals surface area contributed by atoms with Gasteiger partial charge in [0.05, 0.1) is 17.2 Å². The zero-order valence-electron chi connectivity index (χ0n) is 22.6. The van der Waals surface area contributed by atoms with Gasteiger partial charge in [0.15, 0.2) is 0 Å². The Morgan fingerprint density at radius 1 is 0.950 bits per heavy atom. The molecule has 0 saturated heterocycles. The van der Waals surface area contributed by atoms with Crippen molar-refractivity contribution in [3.63, 3.8) is 0 Å². The summed E-state index contributed by atoms with van der Waals surface area (Å²) in [6.45, 7) is 5.61. The van der Waals surface area contributed by atoms with Crippen LogP contribution in [0.2, 0.25) is 0 Å². The highest BCUT2D eigenvalue weighted by atomic mass is 79.9. The summed E-state index contributed by atoms with van der Waals surface area (Å²) < 4.78 is 48.5. The van der Waals surface area contributed by atoms with Crippen molar-refractivity contribution in [3.05, 3.63) is 88.6 Å². The highest BCUT2D eigenvalue weighted by Crippen LogP contribution is 2.27. The fraction of sp³-hybridized carbons (Fsp3) is 0.310. The molecule has 0 aliphatic rings. The first-order valence-electron chi connectivity index (χ1n) is 12.9. The first-order valence-corrected chi connectivity index (χ1v) is 15.2. The minimum absolute atomic E-state index is 0.00163. The second-order valence-electron chi connectivity index (χ2n) is 8.86. The lowest BCUT2D eigenvalue weighted by molar-refractivity contribution is -0.140. The fourth-order valence-corrected chi connectivity index (χ4v) is 5.81. The van der Waals surface area contributed by atoms with Crippen LogP contribution in [0.25, 0.3) is 0 Å². The van der Waals surface area contributed by atoms with E-state index in [2.05, 4.69) is 21.2 Å². The normalized spacial score (nSPS) is 11.9. The molecule has 0 aromatic heterocycles. The number of rotatable bonds is 13. The molecule has 0 spiro atoms. The van der Waals surface area contributed by atoms with Crippen molar-refractivity contribution in [1.82, 2.24) is 10.2 Å². The Morgan fingerprint density at radius 3 is 2.12 bits per heavy atom. The molecule has 3 rings (SSSR count). The van der Waals surface area contributed by atoms with E-state index in [0.29, 0.717) is 35.4 Å². The monoisotopic (exact) mass is 633 g/mol. The van der Waals surface area contributed by atoms with Gasteiger partial charge in [0.25, 0.3) is 10.0 Å². The van der Waals surface area contributed by atoms with Gasteiger partial charge in [-0.2, -0.15) is 0 Å². The molecule has 3 aromatic rings. The maximum Gasteiger partial charge on any atom is 0.264 e. The lowest BCUT2D eigenvalue weighted by Gasteiger charge is -2.33. The summed E-state index contributed by atoms with van der Waals surface area (Å²) in [6.07, 6.45) is 0.293. The summed E-state index contributed by atoms with van der Waals surface area (Å²) in [5, 5.41) is 2.75. The predicted octanol–water partition coefficient (Wildman–Crippen LogP) is 5.13. The van der Waals surface area contributed by atoms with E-state index in [0.717, 1.165) is 4.31 Å². The van der Waals surface area contributed by atoms with E-state index in [1.54, 1.807) is 50.2 Å². The van der Waals surface area contributed by atoms with Crippen LogP contribution in [-0.4, -0.2) is 50.9 Å². The van der Waals surface area contributed by atoms with Crippen molar-refractivity contribution < 1.29 is 27.1 Å². The molecule has 40 heavy (non-hydrogen) atoms. The molecule has 11 heteroatoms. The number of sulfonamides is 1. The molecule has 8 nitrogen and oxygen atoms in total. The van der Waals surface area contributed by atoms with Gasteiger partial charge in [-0.3, -0.25) is 13.9 Å². The summed E-state index contributed by atoms with van der Waals surface area (Å²) in [4.78, 5) is 28.2. The Balaban J connectivity index is 2.05. The van der Waals surface area contributed by atoms with Crippen molar-refractivity contribution in [2.45, 2.75) is 44.7 Å². The molecule has 2 amide bonds. The Morgan fingerprint density at radius 2 is 1.57 bits per heavy atom. The summed E-state index contributed by atoms with van der Waals surface area (Å²) in [5.74, 6) is -0.820. The average molecular weight is 635 g/mol. The SMILES string of the molecule is CCNC(=O)C(CC)N(Cc1ccc(F)cc1)C(=O)CN(c1ccc(OCC)cc1)S(=O)(=O)c1ccc(Br)cc1. The van der Waals surface area contributed by atoms with Gasteiger partial charge < -0.3 is 15.0 Å². The molecule has 3 aromatic carbocycles. The Hall–Kier alpha value is -3.44. The number of anilines is 1. The van der Waals surface area contributed by atoms with Gasteiger partial charge in [-0.05, 0) is 86.5 Å². The Bertz CT molecular complexity index is 1380. The van der Waals surface area contributed by atoms with Gasteiger partial charge in [-0.25, -0.2) is 12.8 Å². The minimum Gasteiger partial charge on any atom is -0.494 e. The second kappa shape index (κ2) is 14.3. The Kier molecular flexibility index (Phi) is 11.1. The zero-order chi connectivity index (χ0) is 29.3. The van der Waals surface area contributed by atoms with E-state index >= 15 is 0 Å². The first kappa shape index (κ1) is 31.1. The summed E-state index contributed by atoms with van der Waals surface area (Å²) in [6, 6.07) is 17.3. The zero-order valence-corrected chi connectivity index (χ0v) is 25.0. The maximum absolute atomic E-state index is 13.9. The number of benzene rings is 3. The van der Waals surface area contributed by atoms with E-state index in [-0.39, 0.29) is 23.0 Å². The van der Waals surface area contributed by atoms with E-state index in [1.807, 2.05) is 6.92 Å². The smallest absolute Gasteiger partial charge is 0.264 e. The highest BCUT2D eigenvalue weighted by molar-refractivity contribution is 9.10. The lowest BCUT2D eigenvalue weighted by atomic mass is 10.1. The molecule has 1 unspecified atom stereocenters. The average Bonchev–Trinajstić information content (AvgIpc) is 2.93. The molecule has 0 heterocycles. The van der Waals surface area contributed by atoms with Crippen LogP contribution in [0.15, 0.2) is 82.2 Å². The van der Waals surface area contributed by atoms with Crippen molar-refractivity contribution >= 4 is 43.5 Å². The molecule has 0 fully saturated rings.